The van der Waals surface area contributed by atoms with Crippen LogP contribution in [-0.4, -0.2) is 46.8 Å². The van der Waals surface area contributed by atoms with Gasteiger partial charge in [-0.25, -0.2) is 8.42 Å². The fourth-order valence-electron chi connectivity index (χ4n) is 3.29. The number of nitrogens with one attached hydrogen (secondary N) is 3. The molecule has 3 N–H and O–H groups in total. The predicted octanol–water partition coefficient (Wildman–Crippen LogP) is 2.62. The van der Waals surface area contributed by atoms with E-state index in [1.54, 1.807) is 19.2 Å². The first-order chi connectivity index (χ1) is 13.4. The smallest absolute Gasteiger partial charge is 0.229 e. The molecule has 1 atom stereocenters. The van der Waals surface area contributed by atoms with E-state index < -0.39 is 10.0 Å². The van der Waals surface area contributed by atoms with Crippen molar-refractivity contribution in [3.8, 4) is 0 Å². The number of aliphatic imine (C=N–C) groups is 1. The maximum atomic E-state index is 11.6. The lowest BCUT2D eigenvalue weighted by molar-refractivity contribution is 0.606. The molecule has 1 saturated heterocycles. The van der Waals surface area contributed by atoms with Crippen LogP contribution in [0.2, 0.25) is 0 Å². The van der Waals surface area contributed by atoms with Crippen molar-refractivity contribution < 1.29 is 8.42 Å². The molecule has 158 valence electrons. The molecule has 0 radical (unpaired) electrons. The molecule has 0 aromatic heterocycles. The molecule has 0 spiro atoms. The van der Waals surface area contributed by atoms with Gasteiger partial charge in [-0.3, -0.25) is 9.71 Å². The van der Waals surface area contributed by atoms with Crippen molar-refractivity contribution in [1.82, 2.24) is 10.6 Å². The number of para-hydroxylation sites is 2. The largest absolute Gasteiger partial charge is 0.369 e. The standard InChI is InChI=1S/C20H27N5O2S.HI/c1-21-20(22-14-16-8-6-7-11-19(16)24-28(2,26)27)23-17-12-13-25(15-17)18-9-4-3-5-10-18;/h3-11,17,24H,12-15H2,1-2H3,(H2,21,22,23);1H. The normalized spacial score (nSPS) is 16.8. The highest BCUT2D eigenvalue weighted by molar-refractivity contribution is 14.0. The van der Waals surface area contributed by atoms with E-state index in [1.807, 2.05) is 18.2 Å². The van der Waals surface area contributed by atoms with Crippen LogP contribution in [0.5, 0.6) is 0 Å². The van der Waals surface area contributed by atoms with E-state index in [1.165, 1.54) is 5.69 Å². The van der Waals surface area contributed by atoms with Gasteiger partial charge < -0.3 is 15.5 Å². The number of sulfonamides is 1. The maximum absolute atomic E-state index is 11.6. The minimum Gasteiger partial charge on any atom is -0.369 e. The average molecular weight is 529 g/mol. The van der Waals surface area contributed by atoms with Crippen LogP contribution in [-0.2, 0) is 16.6 Å². The molecule has 0 aliphatic carbocycles. The lowest BCUT2D eigenvalue weighted by Gasteiger charge is -2.20. The van der Waals surface area contributed by atoms with E-state index in [9.17, 15) is 8.42 Å². The third-order valence-corrected chi connectivity index (χ3v) is 5.22. The SMILES string of the molecule is CN=C(NCc1ccccc1NS(C)(=O)=O)NC1CCN(c2ccccc2)C1.I. The summed E-state index contributed by atoms with van der Waals surface area (Å²) >= 11 is 0. The van der Waals surface area contributed by atoms with E-state index in [-0.39, 0.29) is 24.0 Å². The molecule has 9 heteroatoms. The number of nitrogens with zero attached hydrogens (tertiary/aromatic N) is 2. The Balaban J connectivity index is 0.00000300. The summed E-state index contributed by atoms with van der Waals surface area (Å²) in [5, 5.41) is 6.74. The first-order valence-corrected chi connectivity index (χ1v) is 11.2. The van der Waals surface area contributed by atoms with Crippen molar-refractivity contribution in [2.75, 3.05) is 36.0 Å². The summed E-state index contributed by atoms with van der Waals surface area (Å²) in [4.78, 5) is 6.66. The van der Waals surface area contributed by atoms with Crippen LogP contribution in [0.1, 0.15) is 12.0 Å². The summed E-state index contributed by atoms with van der Waals surface area (Å²) in [6.07, 6.45) is 2.18. The minimum atomic E-state index is -3.32. The molecule has 1 heterocycles. The number of halogens is 1. The Morgan fingerprint density at radius 1 is 1.14 bits per heavy atom. The number of rotatable bonds is 6. The highest BCUT2D eigenvalue weighted by Gasteiger charge is 2.23. The lowest BCUT2D eigenvalue weighted by Crippen LogP contribution is -2.44. The van der Waals surface area contributed by atoms with Crippen LogP contribution in [0.3, 0.4) is 0 Å². The number of anilines is 2. The van der Waals surface area contributed by atoms with Gasteiger partial charge in [0, 0.05) is 38.4 Å². The molecule has 7 nitrogen and oxygen atoms in total. The highest BCUT2D eigenvalue weighted by Crippen LogP contribution is 2.20. The second-order valence-corrected chi connectivity index (χ2v) is 8.62. The fraction of sp³-hybridized carbons (Fsp3) is 0.350. The van der Waals surface area contributed by atoms with Crippen molar-refractivity contribution in [2.24, 2.45) is 4.99 Å². The van der Waals surface area contributed by atoms with E-state index in [0.29, 0.717) is 24.2 Å². The van der Waals surface area contributed by atoms with Crippen molar-refractivity contribution in [1.29, 1.82) is 0 Å². The van der Waals surface area contributed by atoms with Gasteiger partial charge in [0.25, 0.3) is 0 Å². The third kappa shape index (κ3) is 7.07. The number of hydrogen-bond donors (Lipinski definition) is 3. The van der Waals surface area contributed by atoms with Crippen LogP contribution in [0.25, 0.3) is 0 Å². The Bertz CT molecular complexity index is 921. The number of guanidine groups is 1. The molecule has 2 aromatic rings. The minimum absolute atomic E-state index is 0. The van der Waals surface area contributed by atoms with Gasteiger partial charge in [0.2, 0.25) is 10.0 Å². The van der Waals surface area contributed by atoms with Crippen LogP contribution >= 0.6 is 24.0 Å². The molecule has 29 heavy (non-hydrogen) atoms. The average Bonchev–Trinajstić information content (AvgIpc) is 3.14. The van der Waals surface area contributed by atoms with Crippen LogP contribution in [0, 0.1) is 0 Å². The number of benzene rings is 2. The van der Waals surface area contributed by atoms with E-state index in [4.69, 9.17) is 0 Å². The van der Waals surface area contributed by atoms with Crippen LogP contribution < -0.4 is 20.3 Å². The van der Waals surface area contributed by atoms with Gasteiger partial charge in [-0.15, -0.1) is 24.0 Å². The van der Waals surface area contributed by atoms with Crippen molar-refractivity contribution in [3.63, 3.8) is 0 Å². The zero-order valence-corrected chi connectivity index (χ0v) is 19.8. The zero-order chi connectivity index (χ0) is 20.0. The summed E-state index contributed by atoms with van der Waals surface area (Å²) in [6.45, 7) is 2.38. The summed E-state index contributed by atoms with van der Waals surface area (Å²) in [5.74, 6) is 0.703. The Morgan fingerprint density at radius 3 is 2.52 bits per heavy atom. The topological polar surface area (TPSA) is 85.8 Å². The highest BCUT2D eigenvalue weighted by atomic mass is 127. The Morgan fingerprint density at radius 2 is 1.83 bits per heavy atom. The third-order valence-electron chi connectivity index (χ3n) is 4.63. The maximum Gasteiger partial charge on any atom is 0.229 e. The second kappa shape index (κ2) is 10.7. The molecule has 1 aliphatic rings. The molecule has 2 aromatic carbocycles. The van der Waals surface area contributed by atoms with Gasteiger partial charge in [0.1, 0.15) is 0 Å². The van der Waals surface area contributed by atoms with Gasteiger partial charge in [0.05, 0.1) is 11.9 Å². The molecular weight excluding hydrogens is 501 g/mol. The summed E-state index contributed by atoms with van der Waals surface area (Å²) in [7, 11) is -1.59. The quantitative estimate of drug-likeness (QED) is 0.305. The van der Waals surface area contributed by atoms with Crippen LogP contribution in [0.4, 0.5) is 11.4 Å². The predicted molar refractivity (Wildman–Crippen MR) is 131 cm³/mol. The summed E-state index contributed by atoms with van der Waals surface area (Å²) in [5.41, 5.74) is 2.66. The first kappa shape index (κ1) is 23.3. The molecular formula is C20H28IN5O2S. The summed E-state index contributed by atoms with van der Waals surface area (Å²) in [6, 6.07) is 18.0. The Kier molecular flexibility index (Phi) is 8.57. The van der Waals surface area contributed by atoms with Crippen molar-refractivity contribution in [2.45, 2.75) is 19.0 Å². The Labute approximate surface area is 190 Å². The number of hydrogen-bond acceptors (Lipinski definition) is 4. The molecule has 1 aliphatic heterocycles. The van der Waals surface area contributed by atoms with Crippen LogP contribution in [0.15, 0.2) is 59.6 Å². The van der Waals surface area contributed by atoms with E-state index in [0.717, 1.165) is 31.3 Å². The molecule has 1 unspecified atom stereocenters. The summed E-state index contributed by atoms with van der Waals surface area (Å²) < 4.78 is 25.7. The van der Waals surface area contributed by atoms with Gasteiger partial charge in [0.15, 0.2) is 5.96 Å². The van der Waals surface area contributed by atoms with E-state index >= 15 is 0 Å². The molecule has 0 bridgehead atoms. The van der Waals surface area contributed by atoms with Gasteiger partial charge in [-0.2, -0.15) is 0 Å². The van der Waals surface area contributed by atoms with E-state index in [2.05, 4.69) is 49.5 Å². The van der Waals surface area contributed by atoms with Crippen molar-refractivity contribution >= 4 is 51.3 Å². The van der Waals surface area contributed by atoms with Gasteiger partial charge >= 0.3 is 0 Å². The molecule has 1 fully saturated rings. The van der Waals surface area contributed by atoms with Crippen molar-refractivity contribution in [3.05, 3.63) is 60.2 Å². The zero-order valence-electron chi connectivity index (χ0n) is 16.6. The molecule has 0 amide bonds. The Hall–Kier alpha value is -2.01. The molecule has 0 saturated carbocycles. The van der Waals surface area contributed by atoms with Gasteiger partial charge in [-0.05, 0) is 30.2 Å². The first-order valence-electron chi connectivity index (χ1n) is 9.27. The van der Waals surface area contributed by atoms with Gasteiger partial charge in [-0.1, -0.05) is 36.4 Å². The fourth-order valence-corrected chi connectivity index (χ4v) is 3.89. The molecule has 3 rings (SSSR count). The lowest BCUT2D eigenvalue weighted by atomic mass is 10.2. The monoisotopic (exact) mass is 529 g/mol. The second-order valence-electron chi connectivity index (χ2n) is 6.87.